The van der Waals surface area contributed by atoms with E-state index >= 15 is 0 Å². The Morgan fingerprint density at radius 3 is 2.81 bits per heavy atom. The number of nitrogens with one attached hydrogen (secondary N) is 2. The molecular weight excluding hydrogens is 342 g/mol. The van der Waals surface area contributed by atoms with Gasteiger partial charge in [0.25, 0.3) is 5.91 Å². The molecule has 0 atom stereocenters. The van der Waals surface area contributed by atoms with Crippen molar-refractivity contribution in [2.24, 2.45) is 0 Å². The Balaban J connectivity index is 1.48. The number of carbonyl (C=O) groups is 2. The summed E-state index contributed by atoms with van der Waals surface area (Å²) in [4.78, 5) is 34.7. The molecule has 0 bridgehead atoms. The summed E-state index contributed by atoms with van der Waals surface area (Å²) in [6.07, 6.45) is 7.86. The minimum atomic E-state index is -0.284. The fourth-order valence-corrected chi connectivity index (χ4v) is 3.82. The normalized spacial score (nSPS) is 16.6. The molecule has 2 heterocycles. The lowest BCUT2D eigenvalue weighted by molar-refractivity contribution is -0.115. The molecule has 2 amide bonds. The van der Waals surface area contributed by atoms with Gasteiger partial charge in [0.05, 0.1) is 6.42 Å². The fraction of sp³-hybridized carbons (Fsp3) is 0.400. The maximum Gasteiger partial charge on any atom is 0.274 e. The van der Waals surface area contributed by atoms with Gasteiger partial charge in [-0.2, -0.15) is 0 Å². The first kappa shape index (κ1) is 17.5. The Morgan fingerprint density at radius 1 is 1.19 bits per heavy atom. The molecule has 2 aliphatic rings. The number of hydrogen-bond donors (Lipinski definition) is 2. The first-order chi connectivity index (χ1) is 13.1. The van der Waals surface area contributed by atoms with Crippen LogP contribution in [0.2, 0.25) is 0 Å². The van der Waals surface area contributed by atoms with E-state index in [9.17, 15) is 9.59 Å². The fourth-order valence-electron chi connectivity index (χ4n) is 3.82. The summed E-state index contributed by atoms with van der Waals surface area (Å²) < 4.78 is 0. The van der Waals surface area contributed by atoms with Crippen LogP contribution in [-0.2, 0) is 11.2 Å². The van der Waals surface area contributed by atoms with Crippen LogP contribution in [0.3, 0.4) is 0 Å². The lowest BCUT2D eigenvalue weighted by Crippen LogP contribution is -2.34. The lowest BCUT2D eigenvalue weighted by Gasteiger charge is -2.32. The van der Waals surface area contributed by atoms with Crippen LogP contribution in [0.1, 0.15) is 48.2 Å². The van der Waals surface area contributed by atoms with Crippen molar-refractivity contribution in [3.8, 4) is 0 Å². The molecule has 0 spiro atoms. The Morgan fingerprint density at radius 2 is 2.00 bits per heavy atom. The standard InChI is InChI=1S/C20H23N5O2/c1-25(15-5-3-2-4-6-15)18-11-17(21-12-22-18)20(27)23-14-7-8-16-13(9-14)10-19(26)24-16/h7-9,11-12,15H,2-6,10H2,1H3,(H,23,27)(H,24,26). The van der Waals surface area contributed by atoms with Crippen molar-refractivity contribution in [2.45, 2.75) is 44.6 Å². The number of hydrogen-bond acceptors (Lipinski definition) is 5. The quantitative estimate of drug-likeness (QED) is 0.870. The van der Waals surface area contributed by atoms with E-state index in [1.807, 2.05) is 13.1 Å². The average molecular weight is 365 g/mol. The van der Waals surface area contributed by atoms with Crippen LogP contribution >= 0.6 is 0 Å². The first-order valence-corrected chi connectivity index (χ1v) is 9.39. The molecular formula is C20H23N5O2. The second-order valence-electron chi connectivity index (χ2n) is 7.22. The number of anilines is 3. The van der Waals surface area contributed by atoms with Gasteiger partial charge in [-0.25, -0.2) is 9.97 Å². The molecule has 0 saturated heterocycles. The van der Waals surface area contributed by atoms with Crippen LogP contribution in [0.15, 0.2) is 30.6 Å². The molecule has 4 rings (SSSR count). The molecule has 0 radical (unpaired) electrons. The topological polar surface area (TPSA) is 87.2 Å². The predicted molar refractivity (Wildman–Crippen MR) is 104 cm³/mol. The van der Waals surface area contributed by atoms with Crippen molar-refractivity contribution >= 4 is 29.0 Å². The third kappa shape index (κ3) is 3.77. The van der Waals surface area contributed by atoms with Crippen LogP contribution in [0.5, 0.6) is 0 Å². The summed E-state index contributed by atoms with van der Waals surface area (Å²) in [5, 5.41) is 5.64. The van der Waals surface area contributed by atoms with Gasteiger partial charge in [0.1, 0.15) is 17.8 Å². The molecule has 7 nitrogen and oxygen atoms in total. The highest BCUT2D eigenvalue weighted by atomic mass is 16.2. The zero-order chi connectivity index (χ0) is 18.8. The molecule has 1 aromatic heterocycles. The van der Waals surface area contributed by atoms with E-state index in [0.717, 1.165) is 29.9 Å². The van der Waals surface area contributed by atoms with Crippen LogP contribution in [0, 0.1) is 0 Å². The number of benzene rings is 1. The number of amides is 2. The highest BCUT2D eigenvalue weighted by Gasteiger charge is 2.21. The van der Waals surface area contributed by atoms with E-state index in [0.29, 0.717) is 23.8 Å². The predicted octanol–water partition coefficient (Wildman–Crippen LogP) is 2.99. The summed E-state index contributed by atoms with van der Waals surface area (Å²) in [7, 11) is 2.03. The average Bonchev–Trinajstić information content (AvgIpc) is 3.07. The summed E-state index contributed by atoms with van der Waals surface area (Å²) in [6.45, 7) is 0. The number of fused-ring (bicyclic) bond motifs is 1. The van der Waals surface area contributed by atoms with Crippen molar-refractivity contribution in [1.82, 2.24) is 9.97 Å². The first-order valence-electron chi connectivity index (χ1n) is 9.39. The van der Waals surface area contributed by atoms with Crippen molar-refractivity contribution in [3.63, 3.8) is 0 Å². The SMILES string of the molecule is CN(c1cc(C(=O)Nc2ccc3c(c2)CC(=O)N3)ncn1)C1CCCCC1. The number of rotatable bonds is 4. The molecule has 0 unspecified atom stereocenters. The molecule has 1 fully saturated rings. The lowest BCUT2D eigenvalue weighted by atomic mass is 9.94. The third-order valence-electron chi connectivity index (χ3n) is 5.36. The molecule has 7 heteroatoms. The van der Waals surface area contributed by atoms with E-state index in [4.69, 9.17) is 0 Å². The van der Waals surface area contributed by atoms with E-state index < -0.39 is 0 Å². The van der Waals surface area contributed by atoms with E-state index in [-0.39, 0.29) is 11.8 Å². The van der Waals surface area contributed by atoms with Crippen molar-refractivity contribution in [1.29, 1.82) is 0 Å². The van der Waals surface area contributed by atoms with Crippen LogP contribution in [-0.4, -0.2) is 34.9 Å². The van der Waals surface area contributed by atoms with Gasteiger partial charge in [-0.1, -0.05) is 19.3 Å². The number of aromatic nitrogens is 2. The minimum absolute atomic E-state index is 0.0281. The third-order valence-corrected chi connectivity index (χ3v) is 5.36. The van der Waals surface area contributed by atoms with Gasteiger partial charge >= 0.3 is 0 Å². The van der Waals surface area contributed by atoms with Gasteiger partial charge < -0.3 is 15.5 Å². The Kier molecular flexibility index (Phi) is 4.75. The Labute approximate surface area is 158 Å². The highest BCUT2D eigenvalue weighted by Crippen LogP contribution is 2.27. The van der Waals surface area contributed by atoms with Crippen LogP contribution < -0.4 is 15.5 Å². The van der Waals surface area contributed by atoms with Gasteiger partial charge in [0, 0.05) is 30.5 Å². The summed E-state index contributed by atoms with van der Waals surface area (Å²) >= 11 is 0. The van der Waals surface area contributed by atoms with Crippen LogP contribution in [0.25, 0.3) is 0 Å². The highest BCUT2D eigenvalue weighted by molar-refractivity contribution is 6.04. The molecule has 1 aliphatic carbocycles. The van der Waals surface area contributed by atoms with Crippen molar-refractivity contribution in [3.05, 3.63) is 41.9 Å². The summed E-state index contributed by atoms with van der Waals surface area (Å²) in [6, 6.07) is 7.60. The molecule has 1 aliphatic heterocycles. The summed E-state index contributed by atoms with van der Waals surface area (Å²) in [5.74, 6) is 0.457. The molecule has 1 saturated carbocycles. The largest absolute Gasteiger partial charge is 0.357 e. The van der Waals surface area contributed by atoms with Gasteiger partial charge in [0.15, 0.2) is 0 Å². The van der Waals surface area contributed by atoms with E-state index in [1.165, 1.54) is 25.6 Å². The molecule has 140 valence electrons. The van der Waals surface area contributed by atoms with Gasteiger partial charge in [0.2, 0.25) is 5.91 Å². The molecule has 1 aromatic carbocycles. The minimum Gasteiger partial charge on any atom is -0.357 e. The maximum absolute atomic E-state index is 12.6. The molecule has 2 N–H and O–H groups in total. The van der Waals surface area contributed by atoms with Crippen molar-refractivity contribution < 1.29 is 9.59 Å². The van der Waals surface area contributed by atoms with Crippen molar-refractivity contribution in [2.75, 3.05) is 22.6 Å². The maximum atomic E-state index is 12.6. The van der Waals surface area contributed by atoms with E-state index in [1.54, 1.807) is 18.2 Å². The van der Waals surface area contributed by atoms with E-state index in [2.05, 4.69) is 25.5 Å². The Bertz CT molecular complexity index is 876. The van der Waals surface area contributed by atoms with Gasteiger partial charge in [-0.3, -0.25) is 9.59 Å². The monoisotopic (exact) mass is 365 g/mol. The zero-order valence-corrected chi connectivity index (χ0v) is 15.4. The Hall–Kier alpha value is -2.96. The summed E-state index contributed by atoms with van der Waals surface area (Å²) in [5.41, 5.74) is 2.67. The smallest absolute Gasteiger partial charge is 0.274 e. The molecule has 2 aromatic rings. The number of carbonyl (C=O) groups excluding carboxylic acids is 2. The van der Waals surface area contributed by atoms with Crippen LogP contribution in [0.4, 0.5) is 17.2 Å². The second kappa shape index (κ2) is 7.34. The van der Waals surface area contributed by atoms with Gasteiger partial charge in [-0.15, -0.1) is 0 Å². The second-order valence-corrected chi connectivity index (χ2v) is 7.22. The molecule has 27 heavy (non-hydrogen) atoms. The zero-order valence-electron chi connectivity index (χ0n) is 15.4. The van der Waals surface area contributed by atoms with Gasteiger partial charge in [-0.05, 0) is 36.6 Å². The number of nitrogens with zero attached hydrogens (tertiary/aromatic N) is 3.